The largest absolute Gasteiger partial charge is 0.481 e. The maximum absolute atomic E-state index is 11.3. The summed E-state index contributed by atoms with van der Waals surface area (Å²) in [5, 5.41) is 10.7. The van der Waals surface area contributed by atoms with Gasteiger partial charge in [0.2, 0.25) is 0 Å². The van der Waals surface area contributed by atoms with Crippen molar-refractivity contribution in [3.63, 3.8) is 0 Å². The molecule has 1 N–H and O–H groups in total. The van der Waals surface area contributed by atoms with Crippen LogP contribution in [0.4, 0.5) is 0 Å². The van der Waals surface area contributed by atoms with Crippen LogP contribution in [0, 0.1) is 6.92 Å². The molecule has 4 heteroatoms. The van der Waals surface area contributed by atoms with Gasteiger partial charge < -0.3 is 5.11 Å². The topological polar surface area (TPSA) is 50.2 Å². The number of nitrogens with zero attached hydrogens (tertiary/aromatic N) is 1. The summed E-state index contributed by atoms with van der Waals surface area (Å²) in [6.45, 7) is 5.21. The highest BCUT2D eigenvalue weighted by Crippen LogP contribution is 2.29. The molecule has 0 aliphatic rings. The summed E-state index contributed by atoms with van der Waals surface area (Å²) < 4.78 is 0. The molecule has 0 aliphatic carbocycles. The number of benzene rings is 1. The molecule has 0 saturated carbocycles. The Morgan fingerprint density at radius 1 is 1.39 bits per heavy atom. The Balaban J connectivity index is 2.77. The number of aryl methyl sites for hydroxylation is 1. The summed E-state index contributed by atoms with van der Waals surface area (Å²) in [5.74, 6) is -0.902. The molecular formula is C14H14ClNO2. The molecule has 0 unspecified atom stereocenters. The van der Waals surface area contributed by atoms with Gasteiger partial charge in [0.15, 0.2) is 0 Å². The predicted molar refractivity (Wildman–Crippen MR) is 72.2 cm³/mol. The lowest BCUT2D eigenvalue weighted by Crippen LogP contribution is -2.29. The Morgan fingerprint density at radius 3 is 2.67 bits per heavy atom. The molecule has 0 spiro atoms. The molecule has 2 aromatic rings. The zero-order chi connectivity index (χ0) is 13.5. The average Bonchev–Trinajstić information content (AvgIpc) is 2.30. The average molecular weight is 264 g/mol. The number of halogens is 1. The number of carbonyl (C=O) groups is 1. The first kappa shape index (κ1) is 12.8. The van der Waals surface area contributed by atoms with Crippen LogP contribution in [0.15, 0.2) is 24.3 Å². The second kappa shape index (κ2) is 4.25. The van der Waals surface area contributed by atoms with Crippen molar-refractivity contribution in [2.75, 3.05) is 0 Å². The van der Waals surface area contributed by atoms with E-state index in [-0.39, 0.29) is 0 Å². The molecule has 1 aromatic heterocycles. The number of hydrogen-bond donors (Lipinski definition) is 1. The van der Waals surface area contributed by atoms with Crippen molar-refractivity contribution in [1.82, 2.24) is 4.98 Å². The number of aromatic nitrogens is 1. The number of aliphatic carboxylic acids is 1. The van der Waals surface area contributed by atoms with E-state index in [4.69, 9.17) is 11.6 Å². The van der Waals surface area contributed by atoms with Gasteiger partial charge in [-0.25, -0.2) is 0 Å². The highest BCUT2D eigenvalue weighted by molar-refractivity contribution is 6.35. The monoisotopic (exact) mass is 263 g/mol. The highest BCUT2D eigenvalue weighted by Gasteiger charge is 2.31. The number of para-hydroxylation sites is 1. The van der Waals surface area contributed by atoms with Crippen LogP contribution < -0.4 is 0 Å². The minimum atomic E-state index is -1.03. The van der Waals surface area contributed by atoms with Gasteiger partial charge in [0.05, 0.1) is 16.2 Å². The third-order valence-electron chi connectivity index (χ3n) is 3.17. The Kier molecular flexibility index (Phi) is 3.03. The molecule has 3 nitrogen and oxygen atoms in total. The molecule has 0 saturated heterocycles. The SMILES string of the molecule is Cc1cc(C(C)(C)C(=O)O)nc2c(Cl)cccc12. The number of rotatable bonds is 2. The van der Waals surface area contributed by atoms with Crippen LogP contribution in [-0.4, -0.2) is 16.1 Å². The normalized spacial score (nSPS) is 11.8. The van der Waals surface area contributed by atoms with Crippen LogP contribution in [-0.2, 0) is 10.2 Å². The molecule has 0 bridgehead atoms. The smallest absolute Gasteiger partial charge is 0.315 e. The standard InChI is InChI=1S/C14H14ClNO2/c1-8-7-11(14(2,3)13(17)18)16-12-9(8)5-4-6-10(12)15/h4-7H,1-3H3,(H,17,18). The van der Waals surface area contributed by atoms with Crippen LogP contribution in [0.25, 0.3) is 10.9 Å². The minimum Gasteiger partial charge on any atom is -0.481 e. The fourth-order valence-electron chi connectivity index (χ4n) is 1.81. The van der Waals surface area contributed by atoms with Gasteiger partial charge in [-0.3, -0.25) is 9.78 Å². The number of carboxylic acids is 1. The molecule has 0 radical (unpaired) electrons. The summed E-state index contributed by atoms with van der Waals surface area (Å²) in [7, 11) is 0. The zero-order valence-electron chi connectivity index (χ0n) is 10.5. The van der Waals surface area contributed by atoms with Gasteiger partial charge in [-0.1, -0.05) is 23.7 Å². The van der Waals surface area contributed by atoms with Crippen LogP contribution in [0.5, 0.6) is 0 Å². The van der Waals surface area contributed by atoms with Gasteiger partial charge in [-0.15, -0.1) is 0 Å². The Bertz CT molecular complexity index is 635. The van der Waals surface area contributed by atoms with E-state index in [1.165, 1.54) is 0 Å². The first-order valence-corrected chi connectivity index (χ1v) is 6.01. The fraction of sp³-hybridized carbons (Fsp3) is 0.286. The van der Waals surface area contributed by atoms with Crippen LogP contribution in [0.3, 0.4) is 0 Å². The first-order chi connectivity index (χ1) is 8.34. The molecule has 1 heterocycles. The van der Waals surface area contributed by atoms with E-state index in [9.17, 15) is 9.90 Å². The third-order valence-corrected chi connectivity index (χ3v) is 3.48. The summed E-state index contributed by atoms with van der Waals surface area (Å²) in [4.78, 5) is 15.7. The van der Waals surface area contributed by atoms with Gasteiger partial charge >= 0.3 is 5.97 Å². The maximum atomic E-state index is 11.3. The quantitative estimate of drug-likeness (QED) is 0.901. The van der Waals surface area contributed by atoms with Gasteiger partial charge in [0.1, 0.15) is 5.41 Å². The maximum Gasteiger partial charge on any atom is 0.315 e. The molecule has 2 rings (SSSR count). The molecule has 0 amide bonds. The van der Waals surface area contributed by atoms with Gasteiger partial charge in [-0.2, -0.15) is 0 Å². The molecule has 0 fully saturated rings. The van der Waals surface area contributed by atoms with Crippen molar-refractivity contribution in [2.45, 2.75) is 26.2 Å². The van der Waals surface area contributed by atoms with Crippen molar-refractivity contribution in [3.8, 4) is 0 Å². The van der Waals surface area contributed by atoms with E-state index in [0.717, 1.165) is 10.9 Å². The lowest BCUT2D eigenvalue weighted by Gasteiger charge is -2.20. The van der Waals surface area contributed by atoms with E-state index < -0.39 is 11.4 Å². The lowest BCUT2D eigenvalue weighted by molar-refractivity contribution is -0.142. The molecule has 0 aliphatic heterocycles. The lowest BCUT2D eigenvalue weighted by atomic mass is 9.87. The Labute approximate surface area is 110 Å². The number of carboxylic acid groups (broad SMARTS) is 1. The third kappa shape index (κ3) is 1.95. The zero-order valence-corrected chi connectivity index (χ0v) is 11.2. The summed E-state index contributed by atoms with van der Waals surface area (Å²) in [6, 6.07) is 7.36. The van der Waals surface area contributed by atoms with Gasteiger partial charge in [0, 0.05) is 5.39 Å². The molecule has 1 aromatic carbocycles. The van der Waals surface area contributed by atoms with E-state index in [2.05, 4.69) is 4.98 Å². The minimum absolute atomic E-state index is 0.521. The summed E-state index contributed by atoms with van der Waals surface area (Å²) in [5.41, 5.74) is 1.13. The summed E-state index contributed by atoms with van der Waals surface area (Å²) >= 11 is 6.12. The predicted octanol–water partition coefficient (Wildman–Crippen LogP) is 3.56. The number of hydrogen-bond acceptors (Lipinski definition) is 2. The van der Waals surface area contributed by atoms with Gasteiger partial charge in [-0.05, 0) is 38.5 Å². The Morgan fingerprint density at radius 2 is 2.06 bits per heavy atom. The molecule has 0 atom stereocenters. The van der Waals surface area contributed by atoms with Crippen LogP contribution >= 0.6 is 11.6 Å². The number of fused-ring (bicyclic) bond motifs is 1. The summed E-state index contributed by atoms with van der Waals surface area (Å²) in [6.07, 6.45) is 0. The van der Waals surface area contributed by atoms with Crippen LogP contribution in [0.2, 0.25) is 5.02 Å². The van der Waals surface area contributed by atoms with Crippen molar-refractivity contribution in [2.24, 2.45) is 0 Å². The molecular weight excluding hydrogens is 250 g/mol. The Hall–Kier alpha value is -1.61. The van der Waals surface area contributed by atoms with E-state index in [1.807, 2.05) is 25.1 Å². The van der Waals surface area contributed by atoms with Crippen LogP contribution in [0.1, 0.15) is 25.1 Å². The van der Waals surface area contributed by atoms with Gasteiger partial charge in [0.25, 0.3) is 0 Å². The van der Waals surface area contributed by atoms with Crippen molar-refractivity contribution >= 4 is 28.5 Å². The van der Waals surface area contributed by atoms with Crippen molar-refractivity contribution < 1.29 is 9.90 Å². The highest BCUT2D eigenvalue weighted by atomic mass is 35.5. The first-order valence-electron chi connectivity index (χ1n) is 5.64. The van der Waals surface area contributed by atoms with Crippen molar-refractivity contribution in [1.29, 1.82) is 0 Å². The van der Waals surface area contributed by atoms with E-state index in [1.54, 1.807) is 19.9 Å². The molecule has 18 heavy (non-hydrogen) atoms. The molecule has 94 valence electrons. The second-order valence-electron chi connectivity index (χ2n) is 4.89. The second-order valence-corrected chi connectivity index (χ2v) is 5.30. The van der Waals surface area contributed by atoms with E-state index >= 15 is 0 Å². The fourth-order valence-corrected chi connectivity index (χ4v) is 2.03. The van der Waals surface area contributed by atoms with E-state index in [0.29, 0.717) is 16.2 Å². The van der Waals surface area contributed by atoms with Crippen molar-refractivity contribution in [3.05, 3.63) is 40.5 Å². The number of pyridine rings is 1.